The number of aromatic nitrogens is 3. The number of para-hydroxylation sites is 1. The predicted octanol–water partition coefficient (Wildman–Crippen LogP) is 4.25. The second-order valence-corrected chi connectivity index (χ2v) is 9.45. The van der Waals surface area contributed by atoms with Crippen LogP contribution in [0.2, 0.25) is 0 Å². The van der Waals surface area contributed by atoms with Crippen LogP contribution in [-0.2, 0) is 17.4 Å². The minimum absolute atomic E-state index is 0.147. The molecule has 2 aliphatic rings. The number of nitrogens with zero attached hydrogens (tertiary/aromatic N) is 4. The number of benzene rings is 1. The molecule has 2 aliphatic heterocycles. The molecule has 3 aromatic rings. The van der Waals surface area contributed by atoms with E-state index in [9.17, 15) is 18.0 Å². The number of fused-ring (bicyclic) bond motifs is 2. The van der Waals surface area contributed by atoms with E-state index in [0.29, 0.717) is 48.9 Å². The van der Waals surface area contributed by atoms with Crippen molar-refractivity contribution in [3.63, 3.8) is 0 Å². The fraction of sp³-hybridized carbons (Fsp3) is 0.458. The lowest BCUT2D eigenvalue weighted by Gasteiger charge is -2.32. The average Bonchev–Trinajstić information content (AvgIpc) is 3.35. The fourth-order valence-corrected chi connectivity index (χ4v) is 4.70. The van der Waals surface area contributed by atoms with Gasteiger partial charge in [0.05, 0.1) is 5.56 Å². The van der Waals surface area contributed by atoms with Gasteiger partial charge in [0.15, 0.2) is 23.8 Å². The number of ether oxygens (including phenoxy) is 2. The third-order valence-electron chi connectivity index (χ3n) is 6.30. The Labute approximate surface area is 194 Å². The van der Waals surface area contributed by atoms with E-state index in [1.807, 2.05) is 26.0 Å². The molecule has 0 spiro atoms. The minimum atomic E-state index is -4.46. The molecule has 1 fully saturated rings. The van der Waals surface area contributed by atoms with Crippen LogP contribution >= 0.6 is 0 Å². The van der Waals surface area contributed by atoms with Gasteiger partial charge in [0.2, 0.25) is 0 Å². The van der Waals surface area contributed by atoms with E-state index in [-0.39, 0.29) is 24.0 Å². The van der Waals surface area contributed by atoms with Crippen LogP contribution in [0.15, 0.2) is 36.5 Å². The zero-order valence-corrected chi connectivity index (χ0v) is 18.9. The lowest BCUT2D eigenvalue weighted by atomic mass is 9.97. The number of likely N-dealkylation sites (tertiary alicyclic amines) is 1. The number of carbonyl (C=O) groups is 1. The van der Waals surface area contributed by atoms with Crippen molar-refractivity contribution in [1.82, 2.24) is 19.5 Å². The summed E-state index contributed by atoms with van der Waals surface area (Å²) in [5.41, 5.74) is 0.304. The molecule has 1 atom stereocenters. The molecule has 180 valence electrons. The maximum atomic E-state index is 13.2. The maximum Gasteiger partial charge on any atom is 0.417 e. The number of pyridine rings is 1. The van der Waals surface area contributed by atoms with Gasteiger partial charge in [-0.3, -0.25) is 9.20 Å². The van der Waals surface area contributed by atoms with Crippen LogP contribution in [0.3, 0.4) is 0 Å². The Bertz CT molecular complexity index is 1240. The summed E-state index contributed by atoms with van der Waals surface area (Å²) >= 11 is 0. The Morgan fingerprint density at radius 2 is 2.06 bits per heavy atom. The van der Waals surface area contributed by atoms with Gasteiger partial charge < -0.3 is 14.4 Å². The molecule has 10 heteroatoms. The number of rotatable bonds is 4. The van der Waals surface area contributed by atoms with Crippen LogP contribution in [0.1, 0.15) is 49.6 Å². The van der Waals surface area contributed by atoms with Crippen molar-refractivity contribution in [2.24, 2.45) is 0 Å². The summed E-state index contributed by atoms with van der Waals surface area (Å²) in [6, 6.07) is 7.95. The second kappa shape index (κ2) is 8.18. The number of halogens is 3. The molecule has 0 radical (unpaired) electrons. The molecule has 1 unspecified atom stereocenters. The Morgan fingerprint density at radius 3 is 2.85 bits per heavy atom. The summed E-state index contributed by atoms with van der Waals surface area (Å²) in [5.74, 6) is 1.22. The third kappa shape index (κ3) is 4.28. The second-order valence-electron chi connectivity index (χ2n) is 9.45. The molecule has 0 bridgehead atoms. The van der Waals surface area contributed by atoms with Crippen molar-refractivity contribution in [2.75, 3.05) is 19.7 Å². The first kappa shape index (κ1) is 22.5. The highest BCUT2D eigenvalue weighted by atomic mass is 19.4. The van der Waals surface area contributed by atoms with Gasteiger partial charge in [-0.05, 0) is 44.9 Å². The van der Waals surface area contributed by atoms with Gasteiger partial charge >= 0.3 is 6.18 Å². The normalized spacial score (nSPS) is 19.7. The first-order valence-electron chi connectivity index (χ1n) is 11.2. The van der Waals surface area contributed by atoms with E-state index < -0.39 is 11.7 Å². The van der Waals surface area contributed by atoms with E-state index in [4.69, 9.17) is 9.47 Å². The largest absolute Gasteiger partial charge is 0.483 e. The first-order chi connectivity index (χ1) is 16.1. The molecular weight excluding hydrogens is 449 g/mol. The predicted molar refractivity (Wildman–Crippen MR) is 117 cm³/mol. The first-order valence-corrected chi connectivity index (χ1v) is 11.2. The van der Waals surface area contributed by atoms with Crippen LogP contribution in [0, 0.1) is 0 Å². The number of amides is 1. The molecule has 1 aromatic carbocycles. The van der Waals surface area contributed by atoms with Crippen molar-refractivity contribution >= 4 is 11.6 Å². The van der Waals surface area contributed by atoms with Crippen molar-refractivity contribution < 1.29 is 27.4 Å². The lowest BCUT2D eigenvalue weighted by Crippen LogP contribution is -2.42. The minimum Gasteiger partial charge on any atom is -0.483 e. The maximum absolute atomic E-state index is 13.2. The molecule has 0 saturated carbocycles. The SMILES string of the molecule is CC1(C)Cc2cccc(OCC(=O)N3CCCC(c4nnc5ccc(C(F)(F)F)cn45)C3)c2O1. The van der Waals surface area contributed by atoms with E-state index in [1.54, 1.807) is 11.0 Å². The molecule has 34 heavy (non-hydrogen) atoms. The highest BCUT2D eigenvalue weighted by Crippen LogP contribution is 2.41. The van der Waals surface area contributed by atoms with Gasteiger partial charge in [-0.1, -0.05) is 12.1 Å². The molecule has 1 saturated heterocycles. The molecule has 0 aliphatic carbocycles. The highest BCUT2D eigenvalue weighted by molar-refractivity contribution is 5.78. The van der Waals surface area contributed by atoms with Gasteiger partial charge in [-0.25, -0.2) is 0 Å². The number of carbonyl (C=O) groups excluding carboxylic acids is 1. The summed E-state index contributed by atoms with van der Waals surface area (Å²) in [4.78, 5) is 14.6. The van der Waals surface area contributed by atoms with Gasteiger partial charge in [-0.2, -0.15) is 13.2 Å². The van der Waals surface area contributed by atoms with E-state index in [1.165, 1.54) is 10.5 Å². The Balaban J connectivity index is 1.28. The van der Waals surface area contributed by atoms with Gasteiger partial charge in [-0.15, -0.1) is 10.2 Å². The van der Waals surface area contributed by atoms with Gasteiger partial charge in [0.1, 0.15) is 11.4 Å². The quantitative estimate of drug-likeness (QED) is 0.566. The molecular formula is C24H25F3N4O3. The average molecular weight is 474 g/mol. The molecule has 0 N–H and O–H groups in total. The highest BCUT2D eigenvalue weighted by Gasteiger charge is 2.34. The molecule has 2 aromatic heterocycles. The van der Waals surface area contributed by atoms with E-state index in [2.05, 4.69) is 10.2 Å². The zero-order chi connectivity index (χ0) is 24.1. The Hall–Kier alpha value is -3.30. The van der Waals surface area contributed by atoms with Crippen LogP contribution < -0.4 is 9.47 Å². The van der Waals surface area contributed by atoms with Crippen molar-refractivity contribution in [1.29, 1.82) is 0 Å². The van der Waals surface area contributed by atoms with Crippen LogP contribution in [-0.4, -0.2) is 50.7 Å². The van der Waals surface area contributed by atoms with Crippen molar-refractivity contribution in [2.45, 2.75) is 50.8 Å². The lowest BCUT2D eigenvalue weighted by molar-refractivity contribution is -0.138. The van der Waals surface area contributed by atoms with E-state index >= 15 is 0 Å². The summed E-state index contributed by atoms with van der Waals surface area (Å²) < 4.78 is 52.8. The topological polar surface area (TPSA) is 69.0 Å². The molecule has 1 amide bonds. The van der Waals surface area contributed by atoms with Crippen molar-refractivity contribution in [3.8, 4) is 11.5 Å². The fourth-order valence-electron chi connectivity index (χ4n) is 4.70. The smallest absolute Gasteiger partial charge is 0.417 e. The monoisotopic (exact) mass is 474 g/mol. The standard InChI is InChI=1S/C24H25F3N4O3/c1-23(2)11-15-5-3-7-18(21(15)34-23)33-14-20(32)30-10-4-6-16(12-30)22-29-28-19-9-8-17(13-31(19)22)24(25,26)27/h3,5,7-9,13,16H,4,6,10-12,14H2,1-2H3. The molecule has 5 rings (SSSR count). The summed E-state index contributed by atoms with van der Waals surface area (Å²) in [6.07, 6.45) is -1.26. The van der Waals surface area contributed by atoms with Crippen LogP contribution in [0.25, 0.3) is 5.65 Å². The van der Waals surface area contributed by atoms with Crippen molar-refractivity contribution in [3.05, 3.63) is 53.5 Å². The molecule has 7 nitrogen and oxygen atoms in total. The Morgan fingerprint density at radius 1 is 1.24 bits per heavy atom. The zero-order valence-electron chi connectivity index (χ0n) is 18.9. The molecule has 4 heterocycles. The van der Waals surface area contributed by atoms with Crippen LogP contribution in [0.4, 0.5) is 13.2 Å². The Kier molecular flexibility index (Phi) is 5.41. The van der Waals surface area contributed by atoms with E-state index in [0.717, 1.165) is 24.2 Å². The van der Waals surface area contributed by atoms with Gasteiger partial charge in [0.25, 0.3) is 5.91 Å². The number of alkyl halides is 3. The third-order valence-corrected chi connectivity index (χ3v) is 6.30. The number of piperidine rings is 1. The van der Waals surface area contributed by atoms with Gasteiger partial charge in [0, 0.05) is 37.2 Å². The number of hydrogen-bond donors (Lipinski definition) is 0. The number of hydrogen-bond acceptors (Lipinski definition) is 5. The summed E-state index contributed by atoms with van der Waals surface area (Å²) in [6.45, 7) is 4.75. The van der Waals surface area contributed by atoms with Crippen LogP contribution in [0.5, 0.6) is 11.5 Å². The summed E-state index contributed by atoms with van der Waals surface area (Å²) in [7, 11) is 0. The summed E-state index contributed by atoms with van der Waals surface area (Å²) in [5, 5.41) is 8.15.